The molecule has 0 bridgehead atoms. The van der Waals surface area contributed by atoms with Crippen molar-refractivity contribution in [3.8, 4) is 0 Å². The van der Waals surface area contributed by atoms with Gasteiger partial charge in [0.2, 0.25) is 5.91 Å². The molecule has 4 nitrogen and oxygen atoms in total. The van der Waals surface area contributed by atoms with E-state index in [1.54, 1.807) is 7.11 Å². The number of hydrogen-bond donors (Lipinski definition) is 2. The fraction of sp³-hybridized carbons (Fsp3) is 0.562. The maximum Gasteiger partial charge on any atom is 0.236 e. The molecule has 1 aromatic rings. The average molecular weight is 278 g/mol. The van der Waals surface area contributed by atoms with E-state index in [0.29, 0.717) is 19.7 Å². The van der Waals surface area contributed by atoms with Crippen molar-refractivity contribution in [2.24, 2.45) is 0 Å². The van der Waals surface area contributed by atoms with Crippen molar-refractivity contribution in [2.75, 3.05) is 20.3 Å². The van der Waals surface area contributed by atoms with Crippen LogP contribution < -0.4 is 10.6 Å². The maximum absolute atomic E-state index is 11.8. The number of rotatable bonds is 7. The highest BCUT2D eigenvalue weighted by Gasteiger charge is 2.12. The molecule has 0 saturated carbocycles. The van der Waals surface area contributed by atoms with E-state index in [-0.39, 0.29) is 11.9 Å². The quantitative estimate of drug-likeness (QED) is 0.748. The Morgan fingerprint density at radius 3 is 2.40 bits per heavy atom. The standard InChI is InChI=1S/C16H26N2O2/c1-11-8-12(2)15(13(3)9-11)10-18-14(4)16(19)17-6-7-20-5/h8-9,14,18H,6-7,10H2,1-5H3,(H,17,19). The number of nitrogens with one attached hydrogen (secondary N) is 2. The highest BCUT2D eigenvalue weighted by molar-refractivity contribution is 5.81. The van der Waals surface area contributed by atoms with Gasteiger partial charge in [-0.25, -0.2) is 0 Å². The van der Waals surface area contributed by atoms with Crippen LogP contribution in [0.4, 0.5) is 0 Å². The van der Waals surface area contributed by atoms with Gasteiger partial charge in [0, 0.05) is 20.2 Å². The first-order valence-corrected chi connectivity index (χ1v) is 7.02. The summed E-state index contributed by atoms with van der Waals surface area (Å²) in [5, 5.41) is 6.11. The molecule has 0 radical (unpaired) electrons. The maximum atomic E-state index is 11.8. The van der Waals surface area contributed by atoms with Crippen LogP contribution >= 0.6 is 0 Å². The molecular formula is C16H26N2O2. The van der Waals surface area contributed by atoms with Crippen LogP contribution in [0.15, 0.2) is 12.1 Å². The third kappa shape index (κ3) is 4.94. The molecule has 0 spiro atoms. The topological polar surface area (TPSA) is 50.4 Å². The number of carbonyl (C=O) groups excluding carboxylic acids is 1. The number of benzene rings is 1. The van der Waals surface area contributed by atoms with Crippen molar-refractivity contribution in [2.45, 2.75) is 40.3 Å². The molecule has 4 heteroatoms. The van der Waals surface area contributed by atoms with Crippen LogP contribution in [0.3, 0.4) is 0 Å². The second-order valence-electron chi connectivity index (χ2n) is 5.26. The van der Waals surface area contributed by atoms with Gasteiger partial charge in [0.05, 0.1) is 12.6 Å². The molecule has 0 aromatic heterocycles. The lowest BCUT2D eigenvalue weighted by atomic mass is 9.99. The van der Waals surface area contributed by atoms with Gasteiger partial charge in [-0.15, -0.1) is 0 Å². The second-order valence-corrected chi connectivity index (χ2v) is 5.26. The van der Waals surface area contributed by atoms with Crippen LogP contribution in [0.25, 0.3) is 0 Å². The predicted octanol–water partition coefficient (Wildman–Crippen LogP) is 1.85. The molecule has 1 atom stereocenters. The van der Waals surface area contributed by atoms with Crippen LogP contribution in [-0.2, 0) is 16.1 Å². The lowest BCUT2D eigenvalue weighted by molar-refractivity contribution is -0.122. The first-order chi connectivity index (χ1) is 9.45. The molecule has 2 N–H and O–H groups in total. The summed E-state index contributed by atoms with van der Waals surface area (Å²) < 4.78 is 4.91. The summed E-state index contributed by atoms with van der Waals surface area (Å²) >= 11 is 0. The van der Waals surface area contributed by atoms with Gasteiger partial charge in [0.1, 0.15) is 0 Å². The fourth-order valence-electron chi connectivity index (χ4n) is 2.27. The van der Waals surface area contributed by atoms with Gasteiger partial charge < -0.3 is 15.4 Å². The predicted molar refractivity (Wildman–Crippen MR) is 81.8 cm³/mol. The number of amides is 1. The fourth-order valence-corrected chi connectivity index (χ4v) is 2.27. The van der Waals surface area contributed by atoms with Gasteiger partial charge in [-0.1, -0.05) is 17.7 Å². The zero-order valence-electron chi connectivity index (χ0n) is 13.2. The Bertz CT molecular complexity index is 435. The molecule has 0 aliphatic heterocycles. The molecule has 0 heterocycles. The van der Waals surface area contributed by atoms with Crippen LogP contribution in [0.5, 0.6) is 0 Å². The Balaban J connectivity index is 2.52. The van der Waals surface area contributed by atoms with E-state index in [1.165, 1.54) is 22.3 Å². The Hall–Kier alpha value is -1.39. The number of carbonyl (C=O) groups is 1. The molecular weight excluding hydrogens is 252 g/mol. The lowest BCUT2D eigenvalue weighted by Crippen LogP contribution is -2.43. The van der Waals surface area contributed by atoms with Crippen LogP contribution in [0.1, 0.15) is 29.2 Å². The molecule has 0 aliphatic carbocycles. The van der Waals surface area contributed by atoms with Crippen molar-refractivity contribution in [3.63, 3.8) is 0 Å². The summed E-state index contributed by atoms with van der Waals surface area (Å²) in [5.41, 5.74) is 5.07. The molecule has 1 unspecified atom stereocenters. The lowest BCUT2D eigenvalue weighted by Gasteiger charge is -2.17. The molecule has 1 amide bonds. The van der Waals surface area contributed by atoms with Gasteiger partial charge in [-0.2, -0.15) is 0 Å². The minimum absolute atomic E-state index is 0.00414. The van der Waals surface area contributed by atoms with E-state index in [9.17, 15) is 4.79 Å². The minimum Gasteiger partial charge on any atom is -0.383 e. The van der Waals surface area contributed by atoms with Crippen molar-refractivity contribution in [1.82, 2.24) is 10.6 Å². The largest absolute Gasteiger partial charge is 0.383 e. The van der Waals surface area contributed by atoms with Crippen molar-refractivity contribution >= 4 is 5.91 Å². The highest BCUT2D eigenvalue weighted by Crippen LogP contribution is 2.16. The SMILES string of the molecule is COCCNC(=O)C(C)NCc1c(C)cc(C)cc1C. The Morgan fingerprint density at radius 2 is 1.85 bits per heavy atom. The molecule has 1 rings (SSSR count). The van der Waals surface area contributed by atoms with Gasteiger partial charge in [0.15, 0.2) is 0 Å². The normalized spacial score (nSPS) is 12.2. The van der Waals surface area contributed by atoms with Gasteiger partial charge in [-0.3, -0.25) is 4.79 Å². The van der Waals surface area contributed by atoms with E-state index < -0.39 is 0 Å². The summed E-state index contributed by atoms with van der Waals surface area (Å²) in [4.78, 5) is 11.8. The zero-order valence-corrected chi connectivity index (χ0v) is 13.2. The van der Waals surface area contributed by atoms with Crippen molar-refractivity contribution in [3.05, 3.63) is 34.4 Å². The van der Waals surface area contributed by atoms with E-state index in [4.69, 9.17) is 4.74 Å². The summed E-state index contributed by atoms with van der Waals surface area (Å²) in [6.07, 6.45) is 0. The van der Waals surface area contributed by atoms with Gasteiger partial charge >= 0.3 is 0 Å². The smallest absolute Gasteiger partial charge is 0.236 e. The van der Waals surface area contributed by atoms with E-state index in [2.05, 4.69) is 43.5 Å². The van der Waals surface area contributed by atoms with Gasteiger partial charge in [0.25, 0.3) is 0 Å². The van der Waals surface area contributed by atoms with E-state index in [0.717, 1.165) is 0 Å². The van der Waals surface area contributed by atoms with E-state index in [1.807, 2.05) is 6.92 Å². The third-order valence-electron chi connectivity index (χ3n) is 3.42. The molecule has 0 fully saturated rings. The van der Waals surface area contributed by atoms with Crippen LogP contribution in [-0.4, -0.2) is 32.2 Å². The molecule has 1 aromatic carbocycles. The Morgan fingerprint density at radius 1 is 1.25 bits per heavy atom. The van der Waals surface area contributed by atoms with Gasteiger partial charge in [-0.05, 0) is 44.4 Å². The number of hydrogen-bond acceptors (Lipinski definition) is 3. The van der Waals surface area contributed by atoms with Crippen molar-refractivity contribution < 1.29 is 9.53 Å². The monoisotopic (exact) mass is 278 g/mol. The molecule has 20 heavy (non-hydrogen) atoms. The zero-order chi connectivity index (χ0) is 15.1. The number of ether oxygens (including phenoxy) is 1. The Labute approximate surface area is 121 Å². The number of aryl methyl sites for hydroxylation is 3. The third-order valence-corrected chi connectivity index (χ3v) is 3.42. The number of methoxy groups -OCH3 is 1. The highest BCUT2D eigenvalue weighted by atomic mass is 16.5. The molecule has 112 valence electrons. The van der Waals surface area contributed by atoms with Crippen molar-refractivity contribution in [1.29, 1.82) is 0 Å². The summed E-state index contributed by atoms with van der Waals surface area (Å²) in [6, 6.07) is 4.13. The summed E-state index contributed by atoms with van der Waals surface area (Å²) in [5.74, 6) is 0.00414. The van der Waals surface area contributed by atoms with E-state index >= 15 is 0 Å². The summed E-state index contributed by atoms with van der Waals surface area (Å²) in [7, 11) is 1.62. The minimum atomic E-state index is -0.216. The summed E-state index contributed by atoms with van der Waals surface area (Å²) in [6.45, 7) is 9.99. The average Bonchev–Trinajstić information content (AvgIpc) is 2.37. The first kappa shape index (κ1) is 16.7. The van der Waals surface area contributed by atoms with Crippen LogP contribution in [0.2, 0.25) is 0 Å². The van der Waals surface area contributed by atoms with Crippen LogP contribution in [0, 0.1) is 20.8 Å². The first-order valence-electron chi connectivity index (χ1n) is 7.02. The molecule has 0 aliphatic rings. The molecule has 0 saturated heterocycles. The Kier molecular flexibility index (Phi) is 6.68. The second kappa shape index (κ2) is 8.02.